The molecule has 0 fully saturated rings. The van der Waals surface area contributed by atoms with Gasteiger partial charge in [0.15, 0.2) is 5.82 Å². The fourth-order valence-corrected chi connectivity index (χ4v) is 3.69. The number of rotatable bonds is 2. The number of nitrogens with zero attached hydrogens (tertiary/aromatic N) is 3. The zero-order valence-electron chi connectivity index (χ0n) is 12.2. The fourth-order valence-electron chi connectivity index (χ4n) is 2.46. The van der Waals surface area contributed by atoms with E-state index in [1.165, 1.54) is 35.1 Å². The van der Waals surface area contributed by atoms with Crippen LogP contribution < -0.4 is 5.43 Å². The van der Waals surface area contributed by atoms with E-state index in [-0.39, 0.29) is 5.41 Å². The van der Waals surface area contributed by atoms with Crippen molar-refractivity contribution in [2.45, 2.75) is 46.5 Å². The molecule has 0 unspecified atom stereocenters. The Kier molecular flexibility index (Phi) is 3.46. The predicted octanol–water partition coefficient (Wildman–Crippen LogP) is 4.01. The molecule has 1 aliphatic carbocycles. The van der Waals surface area contributed by atoms with Gasteiger partial charge in [-0.05, 0) is 36.7 Å². The van der Waals surface area contributed by atoms with E-state index in [1.807, 2.05) is 17.6 Å². The highest BCUT2D eigenvalue weighted by molar-refractivity contribution is 7.19. The van der Waals surface area contributed by atoms with Crippen LogP contribution >= 0.6 is 11.3 Å². The minimum absolute atomic E-state index is 0.0627. The Morgan fingerprint density at radius 3 is 2.85 bits per heavy atom. The van der Waals surface area contributed by atoms with Gasteiger partial charge in [0.1, 0.15) is 11.2 Å². The largest absolute Gasteiger partial charge is 0.261 e. The lowest BCUT2D eigenvalue weighted by atomic mass is 9.97. The number of nitrogens with one attached hydrogen (secondary N) is 1. The monoisotopic (exact) mass is 288 g/mol. The van der Waals surface area contributed by atoms with Crippen molar-refractivity contribution in [2.75, 3.05) is 5.43 Å². The van der Waals surface area contributed by atoms with Crippen LogP contribution in [-0.4, -0.2) is 16.2 Å². The average molecular weight is 288 g/mol. The van der Waals surface area contributed by atoms with Crippen LogP contribution in [0.25, 0.3) is 10.2 Å². The van der Waals surface area contributed by atoms with E-state index >= 15 is 0 Å². The van der Waals surface area contributed by atoms with Crippen molar-refractivity contribution in [2.24, 2.45) is 10.5 Å². The summed E-state index contributed by atoms with van der Waals surface area (Å²) in [6.07, 6.45) is 8.41. The zero-order chi connectivity index (χ0) is 14.2. The van der Waals surface area contributed by atoms with Gasteiger partial charge in [0, 0.05) is 11.1 Å². The minimum Gasteiger partial charge on any atom is -0.261 e. The number of aromatic nitrogens is 2. The van der Waals surface area contributed by atoms with Crippen LogP contribution in [0.3, 0.4) is 0 Å². The maximum Gasteiger partial charge on any atom is 0.158 e. The second kappa shape index (κ2) is 5.13. The van der Waals surface area contributed by atoms with E-state index in [4.69, 9.17) is 0 Å². The Labute approximate surface area is 123 Å². The van der Waals surface area contributed by atoms with Crippen molar-refractivity contribution < 1.29 is 0 Å². The molecule has 1 N–H and O–H groups in total. The first-order chi connectivity index (χ1) is 9.54. The number of fused-ring (bicyclic) bond motifs is 3. The highest BCUT2D eigenvalue weighted by Crippen LogP contribution is 2.38. The fraction of sp³-hybridized carbons (Fsp3) is 0.533. The standard InChI is InChI=1S/C15H20N4S/c1-15(2,3)8-18-19-13-12-10-6-4-5-7-11(10)20-14(12)17-9-16-13/h8-9H,4-7H2,1-3H3,(H,16,17,19)/b18-8+. The van der Waals surface area contributed by atoms with Crippen LogP contribution in [0.2, 0.25) is 0 Å². The van der Waals surface area contributed by atoms with Gasteiger partial charge in [0.05, 0.1) is 5.39 Å². The summed E-state index contributed by atoms with van der Waals surface area (Å²) in [6, 6.07) is 0. The Morgan fingerprint density at radius 1 is 1.25 bits per heavy atom. The minimum atomic E-state index is 0.0627. The molecule has 106 valence electrons. The van der Waals surface area contributed by atoms with Crippen molar-refractivity contribution in [3.05, 3.63) is 16.8 Å². The Balaban J connectivity index is 1.98. The quantitative estimate of drug-likeness (QED) is 0.671. The molecule has 0 bridgehead atoms. The van der Waals surface area contributed by atoms with Crippen molar-refractivity contribution in [1.82, 2.24) is 9.97 Å². The molecule has 0 atom stereocenters. The van der Waals surface area contributed by atoms with Crippen LogP contribution in [0.4, 0.5) is 5.82 Å². The molecular weight excluding hydrogens is 268 g/mol. The first kappa shape index (κ1) is 13.5. The van der Waals surface area contributed by atoms with Crippen molar-refractivity contribution in [1.29, 1.82) is 0 Å². The normalized spacial score (nSPS) is 15.8. The third-order valence-electron chi connectivity index (χ3n) is 3.37. The average Bonchev–Trinajstić information content (AvgIpc) is 2.76. The van der Waals surface area contributed by atoms with Crippen LogP contribution in [-0.2, 0) is 12.8 Å². The van der Waals surface area contributed by atoms with Crippen LogP contribution in [0, 0.1) is 5.41 Å². The lowest BCUT2D eigenvalue weighted by Gasteiger charge is -2.12. The summed E-state index contributed by atoms with van der Waals surface area (Å²) in [4.78, 5) is 11.4. The van der Waals surface area contributed by atoms with E-state index in [1.54, 1.807) is 6.33 Å². The van der Waals surface area contributed by atoms with Gasteiger partial charge >= 0.3 is 0 Å². The Bertz CT molecular complexity index is 652. The summed E-state index contributed by atoms with van der Waals surface area (Å²) in [5.74, 6) is 0.843. The van der Waals surface area contributed by atoms with Gasteiger partial charge in [0.25, 0.3) is 0 Å². The van der Waals surface area contributed by atoms with Gasteiger partial charge in [-0.15, -0.1) is 11.3 Å². The van der Waals surface area contributed by atoms with E-state index in [9.17, 15) is 0 Å². The molecule has 5 heteroatoms. The smallest absolute Gasteiger partial charge is 0.158 e. The first-order valence-electron chi connectivity index (χ1n) is 7.10. The molecule has 2 heterocycles. The van der Waals surface area contributed by atoms with E-state index in [2.05, 4.69) is 41.3 Å². The van der Waals surface area contributed by atoms with Gasteiger partial charge in [-0.25, -0.2) is 9.97 Å². The van der Waals surface area contributed by atoms with E-state index in [0.717, 1.165) is 17.1 Å². The molecular formula is C15H20N4S. The van der Waals surface area contributed by atoms with Gasteiger partial charge in [-0.2, -0.15) is 5.10 Å². The SMILES string of the molecule is CC(C)(C)/C=N/Nc1ncnc2sc3c(c12)CCCC3. The second-order valence-electron chi connectivity index (χ2n) is 6.35. The van der Waals surface area contributed by atoms with Gasteiger partial charge in [-0.1, -0.05) is 20.8 Å². The van der Waals surface area contributed by atoms with E-state index < -0.39 is 0 Å². The molecule has 4 nitrogen and oxygen atoms in total. The van der Waals surface area contributed by atoms with Gasteiger partial charge < -0.3 is 0 Å². The number of thiophene rings is 1. The molecule has 0 amide bonds. The molecule has 3 rings (SSSR count). The Morgan fingerprint density at radius 2 is 2.05 bits per heavy atom. The third kappa shape index (κ3) is 2.68. The summed E-state index contributed by atoms with van der Waals surface area (Å²) in [7, 11) is 0. The van der Waals surface area contributed by atoms with E-state index in [0.29, 0.717) is 0 Å². The summed E-state index contributed by atoms with van der Waals surface area (Å²) in [6.45, 7) is 6.38. The molecule has 0 aromatic carbocycles. The van der Waals surface area contributed by atoms with Crippen molar-refractivity contribution >= 4 is 33.6 Å². The van der Waals surface area contributed by atoms with Crippen molar-refractivity contribution in [3.8, 4) is 0 Å². The third-order valence-corrected chi connectivity index (χ3v) is 4.57. The lowest BCUT2D eigenvalue weighted by Crippen LogP contribution is -2.08. The number of hydrogen-bond acceptors (Lipinski definition) is 5. The van der Waals surface area contributed by atoms with Crippen molar-refractivity contribution in [3.63, 3.8) is 0 Å². The highest BCUT2D eigenvalue weighted by Gasteiger charge is 2.19. The molecule has 20 heavy (non-hydrogen) atoms. The molecule has 0 spiro atoms. The maximum atomic E-state index is 4.42. The summed E-state index contributed by atoms with van der Waals surface area (Å²) in [5, 5.41) is 5.51. The maximum absolute atomic E-state index is 4.42. The Hall–Kier alpha value is -1.49. The zero-order valence-corrected chi connectivity index (χ0v) is 13.0. The van der Waals surface area contributed by atoms with Crippen LogP contribution in [0.5, 0.6) is 0 Å². The summed E-state index contributed by atoms with van der Waals surface area (Å²) in [5.41, 5.74) is 4.60. The van der Waals surface area contributed by atoms with Gasteiger partial charge in [-0.3, -0.25) is 5.43 Å². The lowest BCUT2D eigenvalue weighted by molar-refractivity contribution is 0.606. The number of aryl methyl sites for hydroxylation is 2. The number of hydrazone groups is 1. The molecule has 0 aliphatic heterocycles. The molecule has 0 saturated carbocycles. The summed E-state index contributed by atoms with van der Waals surface area (Å²) < 4.78 is 0. The molecule has 2 aromatic rings. The first-order valence-corrected chi connectivity index (χ1v) is 7.92. The second-order valence-corrected chi connectivity index (χ2v) is 7.43. The number of hydrogen-bond donors (Lipinski definition) is 1. The highest BCUT2D eigenvalue weighted by atomic mass is 32.1. The van der Waals surface area contributed by atoms with Gasteiger partial charge in [0.2, 0.25) is 0 Å². The molecule has 2 aromatic heterocycles. The van der Waals surface area contributed by atoms with Crippen LogP contribution in [0.15, 0.2) is 11.4 Å². The number of anilines is 1. The van der Waals surface area contributed by atoms with Crippen LogP contribution in [0.1, 0.15) is 44.1 Å². The molecule has 0 radical (unpaired) electrons. The summed E-state index contributed by atoms with van der Waals surface area (Å²) >= 11 is 1.81. The molecule has 0 saturated heterocycles. The predicted molar refractivity (Wildman–Crippen MR) is 85.6 cm³/mol. The molecule has 1 aliphatic rings. The topological polar surface area (TPSA) is 50.2 Å².